The summed E-state index contributed by atoms with van der Waals surface area (Å²) in [6.07, 6.45) is 0.892. The number of benzene rings is 2. The van der Waals surface area contributed by atoms with Crippen molar-refractivity contribution in [2.24, 2.45) is 4.99 Å². The van der Waals surface area contributed by atoms with E-state index in [1.54, 1.807) is 25.5 Å². The van der Waals surface area contributed by atoms with Gasteiger partial charge in [-0.25, -0.2) is 4.98 Å². The van der Waals surface area contributed by atoms with E-state index in [1.165, 1.54) is 16.3 Å². The smallest absolute Gasteiger partial charge is 0.191 e. The van der Waals surface area contributed by atoms with Crippen molar-refractivity contribution in [1.29, 1.82) is 0 Å². The van der Waals surface area contributed by atoms with E-state index in [-0.39, 0.29) is 0 Å². The minimum absolute atomic E-state index is 0.720. The van der Waals surface area contributed by atoms with Crippen LogP contribution >= 0.6 is 11.3 Å². The summed E-state index contributed by atoms with van der Waals surface area (Å²) in [4.78, 5) is 8.76. The van der Waals surface area contributed by atoms with E-state index >= 15 is 0 Å². The van der Waals surface area contributed by atoms with Gasteiger partial charge in [-0.15, -0.1) is 11.3 Å². The van der Waals surface area contributed by atoms with Crippen molar-refractivity contribution < 1.29 is 4.74 Å². The Morgan fingerprint density at radius 2 is 1.96 bits per heavy atom. The molecule has 0 aliphatic rings. The molecule has 3 rings (SSSR count). The first-order valence-corrected chi connectivity index (χ1v) is 9.48. The number of ether oxygens (including phenoxy) is 1. The fraction of sp³-hybridized carbons (Fsp3) is 0.300. The fourth-order valence-corrected chi connectivity index (χ4v) is 3.40. The molecule has 3 aromatic rings. The van der Waals surface area contributed by atoms with Gasteiger partial charge >= 0.3 is 0 Å². The number of methoxy groups -OCH3 is 1. The second-order valence-electron chi connectivity index (χ2n) is 6.01. The second-order valence-corrected chi connectivity index (χ2v) is 7.07. The fourth-order valence-electron chi connectivity index (χ4n) is 2.75. The zero-order valence-electron chi connectivity index (χ0n) is 15.4. The van der Waals surface area contributed by atoms with Crippen LogP contribution in [0.1, 0.15) is 16.3 Å². The van der Waals surface area contributed by atoms with Crippen LogP contribution in [0.4, 0.5) is 0 Å². The highest BCUT2D eigenvalue weighted by atomic mass is 32.1. The van der Waals surface area contributed by atoms with Crippen LogP contribution in [0.25, 0.3) is 10.8 Å². The van der Waals surface area contributed by atoms with Crippen LogP contribution in [0.5, 0.6) is 5.75 Å². The molecule has 1 aromatic heterocycles. The van der Waals surface area contributed by atoms with E-state index < -0.39 is 0 Å². The maximum absolute atomic E-state index is 5.28. The second kappa shape index (κ2) is 8.67. The molecule has 0 radical (unpaired) electrons. The third-order valence-electron chi connectivity index (χ3n) is 4.14. The summed E-state index contributed by atoms with van der Waals surface area (Å²) in [5, 5.41) is 12.3. The maximum Gasteiger partial charge on any atom is 0.191 e. The summed E-state index contributed by atoms with van der Waals surface area (Å²) in [6, 6.07) is 12.6. The van der Waals surface area contributed by atoms with Gasteiger partial charge in [0.15, 0.2) is 5.96 Å². The molecule has 2 N–H and O–H groups in total. The number of thiazole rings is 1. The van der Waals surface area contributed by atoms with Gasteiger partial charge in [-0.2, -0.15) is 0 Å². The molecule has 0 aliphatic carbocycles. The Morgan fingerprint density at radius 1 is 1.15 bits per heavy atom. The summed E-state index contributed by atoms with van der Waals surface area (Å²) in [5.74, 6) is 1.68. The van der Waals surface area contributed by atoms with Gasteiger partial charge in [0.1, 0.15) is 5.75 Å². The molecule has 0 aliphatic heterocycles. The SMILES string of the molecule is CN=C(NCCc1csc(C)n1)NCc1ccc2cc(OC)ccc2c1. The van der Waals surface area contributed by atoms with Crippen LogP contribution in [0.2, 0.25) is 0 Å². The highest BCUT2D eigenvalue weighted by Gasteiger charge is 2.03. The van der Waals surface area contributed by atoms with Gasteiger partial charge in [0.2, 0.25) is 0 Å². The van der Waals surface area contributed by atoms with Crippen molar-refractivity contribution in [2.75, 3.05) is 20.7 Å². The first-order valence-electron chi connectivity index (χ1n) is 8.60. The standard InChI is InChI=1S/C20H24N4OS/c1-14-24-18(13-26-14)8-9-22-20(21-2)23-12-15-4-5-17-11-19(25-3)7-6-16(17)10-15/h4-7,10-11,13H,8-9,12H2,1-3H3,(H2,21,22,23). The average Bonchev–Trinajstić information content (AvgIpc) is 3.09. The zero-order chi connectivity index (χ0) is 18.4. The van der Waals surface area contributed by atoms with Crippen molar-refractivity contribution in [3.63, 3.8) is 0 Å². The van der Waals surface area contributed by atoms with Gasteiger partial charge < -0.3 is 15.4 Å². The van der Waals surface area contributed by atoms with E-state index in [4.69, 9.17) is 4.74 Å². The normalized spacial score (nSPS) is 11.6. The summed E-state index contributed by atoms with van der Waals surface area (Å²) in [5.41, 5.74) is 2.33. The molecule has 1 heterocycles. The summed E-state index contributed by atoms with van der Waals surface area (Å²) in [7, 11) is 3.47. The summed E-state index contributed by atoms with van der Waals surface area (Å²) in [6.45, 7) is 3.56. The molecule has 0 saturated heterocycles. The lowest BCUT2D eigenvalue weighted by molar-refractivity contribution is 0.415. The van der Waals surface area contributed by atoms with Crippen LogP contribution in [-0.4, -0.2) is 31.6 Å². The molecular weight excluding hydrogens is 344 g/mol. The molecular formula is C20H24N4OS. The lowest BCUT2D eigenvalue weighted by atomic mass is 10.1. The predicted octanol–water partition coefficient (Wildman–Crippen LogP) is 3.52. The number of nitrogens with zero attached hydrogens (tertiary/aromatic N) is 2. The number of nitrogens with one attached hydrogen (secondary N) is 2. The Balaban J connectivity index is 1.53. The van der Waals surface area contributed by atoms with Crippen LogP contribution in [0.3, 0.4) is 0 Å². The first kappa shape index (κ1) is 18.2. The molecule has 26 heavy (non-hydrogen) atoms. The minimum Gasteiger partial charge on any atom is -0.497 e. The zero-order valence-corrected chi connectivity index (χ0v) is 16.2. The number of aryl methyl sites for hydroxylation is 1. The van der Waals surface area contributed by atoms with Crippen LogP contribution in [0, 0.1) is 6.92 Å². The Kier molecular flexibility index (Phi) is 6.07. The quantitative estimate of drug-likeness (QED) is 0.516. The molecule has 0 saturated carbocycles. The largest absolute Gasteiger partial charge is 0.497 e. The maximum atomic E-state index is 5.28. The van der Waals surface area contributed by atoms with Crippen LogP contribution < -0.4 is 15.4 Å². The van der Waals surface area contributed by atoms with Crippen LogP contribution in [0.15, 0.2) is 46.8 Å². The topological polar surface area (TPSA) is 58.5 Å². The van der Waals surface area contributed by atoms with Gasteiger partial charge in [-0.05, 0) is 41.5 Å². The third kappa shape index (κ3) is 4.73. The van der Waals surface area contributed by atoms with Crippen molar-refractivity contribution in [3.8, 4) is 5.75 Å². The van der Waals surface area contributed by atoms with Gasteiger partial charge in [0.25, 0.3) is 0 Å². The first-order chi connectivity index (χ1) is 12.7. The molecule has 0 fully saturated rings. The van der Waals surface area contributed by atoms with Gasteiger partial charge in [-0.3, -0.25) is 4.99 Å². The lowest BCUT2D eigenvalue weighted by Crippen LogP contribution is -2.37. The number of aromatic nitrogens is 1. The highest BCUT2D eigenvalue weighted by molar-refractivity contribution is 7.09. The summed E-state index contributed by atoms with van der Waals surface area (Å²) >= 11 is 1.69. The molecule has 2 aromatic carbocycles. The third-order valence-corrected chi connectivity index (χ3v) is 4.96. The Labute approximate surface area is 158 Å². The number of hydrogen-bond acceptors (Lipinski definition) is 4. The minimum atomic E-state index is 0.720. The molecule has 0 bridgehead atoms. The Bertz CT molecular complexity index is 904. The van der Waals surface area contributed by atoms with E-state index in [9.17, 15) is 0 Å². The number of rotatable bonds is 6. The molecule has 6 heteroatoms. The lowest BCUT2D eigenvalue weighted by Gasteiger charge is -2.12. The van der Waals surface area contributed by atoms with E-state index in [0.717, 1.165) is 41.9 Å². The van der Waals surface area contributed by atoms with E-state index in [1.807, 2.05) is 19.1 Å². The van der Waals surface area contributed by atoms with Crippen molar-refractivity contribution in [2.45, 2.75) is 19.9 Å². The predicted molar refractivity (Wildman–Crippen MR) is 109 cm³/mol. The number of aliphatic imine (C=N–C) groups is 1. The highest BCUT2D eigenvalue weighted by Crippen LogP contribution is 2.21. The van der Waals surface area contributed by atoms with Crippen molar-refractivity contribution >= 4 is 28.1 Å². The van der Waals surface area contributed by atoms with Gasteiger partial charge in [0.05, 0.1) is 17.8 Å². The Hall–Kier alpha value is -2.60. The monoisotopic (exact) mass is 368 g/mol. The van der Waals surface area contributed by atoms with Crippen LogP contribution in [-0.2, 0) is 13.0 Å². The molecule has 5 nitrogen and oxygen atoms in total. The van der Waals surface area contributed by atoms with Crippen molar-refractivity contribution in [1.82, 2.24) is 15.6 Å². The number of guanidine groups is 1. The molecule has 0 atom stereocenters. The van der Waals surface area contributed by atoms with E-state index in [0.29, 0.717) is 0 Å². The molecule has 0 amide bonds. The number of fused-ring (bicyclic) bond motifs is 1. The van der Waals surface area contributed by atoms with Gasteiger partial charge in [-0.1, -0.05) is 18.2 Å². The molecule has 0 unspecified atom stereocenters. The molecule has 136 valence electrons. The Morgan fingerprint density at radius 3 is 2.69 bits per heavy atom. The molecule has 0 spiro atoms. The summed E-state index contributed by atoms with van der Waals surface area (Å²) < 4.78 is 5.28. The van der Waals surface area contributed by atoms with Crippen molar-refractivity contribution in [3.05, 3.63) is 58.0 Å². The van der Waals surface area contributed by atoms with E-state index in [2.05, 4.69) is 50.3 Å². The number of hydrogen-bond donors (Lipinski definition) is 2. The average molecular weight is 369 g/mol. The van der Waals surface area contributed by atoms with Gasteiger partial charge in [0, 0.05) is 31.9 Å².